The maximum Gasteiger partial charge on any atom is 0.329 e. The Bertz CT molecular complexity index is 724. The molecule has 2 aromatic rings. The van der Waals surface area contributed by atoms with Crippen LogP contribution in [0.15, 0.2) is 27.8 Å². The number of aromatic amines is 1. The minimum atomic E-state index is -0.322. The number of hydrogen-bond acceptors (Lipinski definition) is 3. The lowest BCUT2D eigenvalue weighted by atomic mass is 10.2. The van der Waals surface area contributed by atoms with Crippen molar-refractivity contribution in [3.05, 3.63) is 39.0 Å². The molecule has 0 spiro atoms. The van der Waals surface area contributed by atoms with E-state index in [1.165, 1.54) is 11.7 Å². The molecule has 0 saturated heterocycles. The Morgan fingerprint density at radius 3 is 2.68 bits per heavy atom. The van der Waals surface area contributed by atoms with Crippen molar-refractivity contribution in [1.82, 2.24) is 9.55 Å². The second kappa shape index (κ2) is 4.57. The van der Waals surface area contributed by atoms with E-state index in [4.69, 9.17) is 4.74 Å². The van der Waals surface area contributed by atoms with Crippen LogP contribution >= 0.6 is 0 Å². The number of rotatable bonds is 2. The van der Waals surface area contributed by atoms with Gasteiger partial charge in [0, 0.05) is 6.04 Å². The monoisotopic (exact) mass is 260 g/mol. The number of aromatic nitrogens is 2. The Morgan fingerprint density at radius 2 is 2.00 bits per heavy atom. The second-order valence-corrected chi connectivity index (χ2v) is 4.93. The first-order valence-electron chi connectivity index (χ1n) is 6.54. The lowest BCUT2D eigenvalue weighted by Gasteiger charge is -2.13. The molecule has 1 aliphatic carbocycles. The van der Waals surface area contributed by atoms with Crippen LogP contribution in [0.3, 0.4) is 0 Å². The van der Waals surface area contributed by atoms with Crippen LogP contribution in [0.5, 0.6) is 5.75 Å². The molecule has 19 heavy (non-hydrogen) atoms. The molecule has 5 nitrogen and oxygen atoms in total. The predicted molar refractivity (Wildman–Crippen MR) is 72.9 cm³/mol. The van der Waals surface area contributed by atoms with Crippen LogP contribution in [0.25, 0.3) is 10.9 Å². The fraction of sp³-hybridized carbons (Fsp3) is 0.429. The first-order chi connectivity index (χ1) is 9.22. The summed E-state index contributed by atoms with van der Waals surface area (Å²) in [4.78, 5) is 27.5. The van der Waals surface area contributed by atoms with Crippen LogP contribution in [-0.2, 0) is 0 Å². The third-order valence-electron chi connectivity index (χ3n) is 3.83. The number of methoxy groups -OCH3 is 1. The summed E-state index contributed by atoms with van der Waals surface area (Å²) in [6.45, 7) is 0. The van der Waals surface area contributed by atoms with Crippen molar-refractivity contribution in [3.63, 3.8) is 0 Å². The molecule has 0 aliphatic heterocycles. The van der Waals surface area contributed by atoms with Gasteiger partial charge in [0.05, 0.1) is 12.6 Å². The molecule has 1 aromatic carbocycles. The molecule has 100 valence electrons. The molecule has 0 amide bonds. The highest BCUT2D eigenvalue weighted by Gasteiger charge is 2.22. The van der Waals surface area contributed by atoms with E-state index in [0.717, 1.165) is 25.7 Å². The Hall–Kier alpha value is -2.04. The van der Waals surface area contributed by atoms with Crippen molar-refractivity contribution in [2.45, 2.75) is 31.7 Å². The highest BCUT2D eigenvalue weighted by Crippen LogP contribution is 2.28. The Balaban J connectivity index is 2.34. The summed E-state index contributed by atoms with van der Waals surface area (Å²) in [6.07, 6.45) is 3.92. The van der Waals surface area contributed by atoms with Crippen LogP contribution in [0.1, 0.15) is 31.7 Å². The van der Waals surface area contributed by atoms with E-state index >= 15 is 0 Å². The van der Waals surface area contributed by atoms with Crippen molar-refractivity contribution in [1.29, 1.82) is 0 Å². The number of hydrogen-bond donors (Lipinski definition) is 1. The highest BCUT2D eigenvalue weighted by molar-refractivity contribution is 5.83. The third kappa shape index (κ3) is 1.85. The summed E-state index contributed by atoms with van der Waals surface area (Å²) >= 11 is 0. The largest absolute Gasteiger partial charge is 0.496 e. The topological polar surface area (TPSA) is 64.1 Å². The summed E-state index contributed by atoms with van der Waals surface area (Å²) < 4.78 is 6.59. The third-order valence-corrected chi connectivity index (χ3v) is 3.83. The Morgan fingerprint density at radius 1 is 1.26 bits per heavy atom. The summed E-state index contributed by atoms with van der Waals surface area (Å²) in [5, 5.41) is 0.455. The number of H-pyrrole nitrogens is 1. The lowest BCUT2D eigenvalue weighted by molar-refractivity contribution is 0.417. The Labute approximate surface area is 109 Å². The maximum atomic E-state index is 12.6. The quantitative estimate of drug-likeness (QED) is 0.895. The summed E-state index contributed by atoms with van der Waals surface area (Å²) in [7, 11) is 1.53. The highest BCUT2D eigenvalue weighted by atomic mass is 16.5. The zero-order valence-corrected chi connectivity index (χ0v) is 10.8. The number of ether oxygens (including phenoxy) is 1. The van der Waals surface area contributed by atoms with Crippen LogP contribution in [0.4, 0.5) is 0 Å². The normalized spacial score (nSPS) is 16.1. The molecule has 1 heterocycles. The van der Waals surface area contributed by atoms with E-state index in [1.54, 1.807) is 18.2 Å². The molecular weight excluding hydrogens is 244 g/mol. The van der Waals surface area contributed by atoms with Gasteiger partial charge in [0.15, 0.2) is 0 Å². The first-order valence-corrected chi connectivity index (χ1v) is 6.54. The molecule has 0 atom stereocenters. The number of nitrogens with zero attached hydrogens (tertiary/aromatic N) is 1. The van der Waals surface area contributed by atoms with Gasteiger partial charge in [-0.15, -0.1) is 0 Å². The predicted octanol–water partition coefficient (Wildman–Crippen LogP) is 1.81. The molecular formula is C14H16N2O3. The standard InChI is InChI=1S/C14H16N2O3/c1-19-11-8-4-7-10-12(11)13(17)16(14(18)15-10)9-5-2-3-6-9/h4,7-9H,2-3,5-6H2,1H3,(H,15,18). The van der Waals surface area contributed by atoms with Gasteiger partial charge < -0.3 is 9.72 Å². The van der Waals surface area contributed by atoms with Gasteiger partial charge in [-0.3, -0.25) is 9.36 Å². The molecule has 5 heteroatoms. The van der Waals surface area contributed by atoms with Crippen molar-refractivity contribution >= 4 is 10.9 Å². The van der Waals surface area contributed by atoms with Gasteiger partial charge in [0.25, 0.3) is 5.56 Å². The van der Waals surface area contributed by atoms with Crippen LogP contribution < -0.4 is 16.0 Å². The van der Waals surface area contributed by atoms with Gasteiger partial charge in [-0.1, -0.05) is 18.9 Å². The van der Waals surface area contributed by atoms with E-state index in [-0.39, 0.29) is 17.3 Å². The maximum absolute atomic E-state index is 12.6. The van der Waals surface area contributed by atoms with Gasteiger partial charge in [-0.2, -0.15) is 0 Å². The molecule has 1 aromatic heterocycles. The summed E-state index contributed by atoms with van der Waals surface area (Å²) in [6, 6.07) is 5.24. The fourth-order valence-corrected chi connectivity index (χ4v) is 2.91. The molecule has 0 unspecified atom stereocenters. The zero-order chi connectivity index (χ0) is 13.4. The molecule has 1 aliphatic rings. The lowest BCUT2D eigenvalue weighted by Crippen LogP contribution is -2.37. The van der Waals surface area contributed by atoms with Gasteiger partial charge in [-0.25, -0.2) is 4.79 Å². The minimum absolute atomic E-state index is 0.0190. The van der Waals surface area contributed by atoms with Crippen molar-refractivity contribution in [2.75, 3.05) is 7.11 Å². The molecule has 1 N–H and O–H groups in total. The van der Waals surface area contributed by atoms with E-state index in [1.807, 2.05) is 0 Å². The number of fused-ring (bicyclic) bond motifs is 1. The Kier molecular flexibility index (Phi) is 2.89. The molecule has 1 fully saturated rings. The van der Waals surface area contributed by atoms with Crippen LogP contribution in [0, 0.1) is 0 Å². The number of nitrogens with one attached hydrogen (secondary N) is 1. The minimum Gasteiger partial charge on any atom is -0.496 e. The SMILES string of the molecule is COc1cccc2[nH]c(=O)n(C3CCCC3)c(=O)c12. The molecule has 0 radical (unpaired) electrons. The average Bonchev–Trinajstić information content (AvgIpc) is 2.91. The van der Waals surface area contributed by atoms with E-state index in [2.05, 4.69) is 4.98 Å². The zero-order valence-electron chi connectivity index (χ0n) is 10.8. The summed E-state index contributed by atoms with van der Waals surface area (Å²) in [5.41, 5.74) is -0.0376. The first kappa shape index (κ1) is 12.0. The van der Waals surface area contributed by atoms with Crippen LogP contribution in [-0.4, -0.2) is 16.7 Å². The molecule has 0 bridgehead atoms. The average molecular weight is 260 g/mol. The molecule has 1 saturated carbocycles. The summed E-state index contributed by atoms with van der Waals surface area (Å²) in [5.74, 6) is 0.505. The van der Waals surface area contributed by atoms with Crippen molar-refractivity contribution in [3.8, 4) is 5.75 Å². The van der Waals surface area contributed by atoms with Gasteiger partial charge in [0.2, 0.25) is 0 Å². The van der Waals surface area contributed by atoms with Crippen molar-refractivity contribution < 1.29 is 4.74 Å². The van der Waals surface area contributed by atoms with E-state index < -0.39 is 0 Å². The second-order valence-electron chi connectivity index (χ2n) is 4.93. The van der Waals surface area contributed by atoms with E-state index in [9.17, 15) is 9.59 Å². The van der Waals surface area contributed by atoms with Gasteiger partial charge in [0.1, 0.15) is 11.1 Å². The smallest absolute Gasteiger partial charge is 0.329 e. The fourth-order valence-electron chi connectivity index (χ4n) is 2.91. The molecule has 3 rings (SSSR count). The van der Waals surface area contributed by atoms with E-state index in [0.29, 0.717) is 16.7 Å². The van der Waals surface area contributed by atoms with Crippen molar-refractivity contribution in [2.24, 2.45) is 0 Å². The van der Waals surface area contributed by atoms with Gasteiger partial charge in [-0.05, 0) is 25.0 Å². The van der Waals surface area contributed by atoms with Crippen LogP contribution in [0.2, 0.25) is 0 Å². The van der Waals surface area contributed by atoms with Gasteiger partial charge >= 0.3 is 5.69 Å². The number of benzene rings is 1.